The zero-order chi connectivity index (χ0) is 11.1. The summed E-state index contributed by atoms with van der Waals surface area (Å²) in [6.45, 7) is 3.53. The van der Waals surface area contributed by atoms with Crippen molar-refractivity contribution < 1.29 is 9.90 Å². The molecule has 1 saturated carbocycles. The highest BCUT2D eigenvalue weighted by atomic mass is 16.4. The number of aliphatic carboxylic acids is 1. The number of rotatable bonds is 4. The van der Waals surface area contributed by atoms with Crippen molar-refractivity contribution in [2.24, 2.45) is 11.7 Å². The van der Waals surface area contributed by atoms with E-state index in [1.807, 2.05) is 0 Å². The zero-order valence-corrected chi connectivity index (χ0v) is 9.28. The Balaban J connectivity index is 1.87. The fourth-order valence-corrected chi connectivity index (χ4v) is 2.40. The first kappa shape index (κ1) is 10.9. The third-order valence-corrected chi connectivity index (χ3v) is 3.75. The molecule has 15 heavy (non-hydrogen) atoms. The van der Waals surface area contributed by atoms with E-state index in [2.05, 4.69) is 11.8 Å². The molecule has 0 radical (unpaired) electrons. The molecule has 0 amide bonds. The molecule has 2 fully saturated rings. The van der Waals surface area contributed by atoms with Crippen molar-refractivity contribution in [3.05, 3.63) is 0 Å². The summed E-state index contributed by atoms with van der Waals surface area (Å²) in [5.74, 6) is 0.0289. The minimum atomic E-state index is -1.00. The van der Waals surface area contributed by atoms with Crippen molar-refractivity contribution in [3.63, 3.8) is 0 Å². The summed E-state index contributed by atoms with van der Waals surface area (Å²) in [5, 5.41) is 9.01. The normalized spacial score (nSPS) is 34.3. The van der Waals surface area contributed by atoms with E-state index in [4.69, 9.17) is 10.8 Å². The Kier molecular flexibility index (Phi) is 2.73. The molecule has 2 rings (SSSR count). The summed E-state index contributed by atoms with van der Waals surface area (Å²) in [5.41, 5.74) is 4.83. The SMILES string of the molecule is CC(CC1CC1)N1CCC(N)(C(=O)O)C1. The van der Waals surface area contributed by atoms with Gasteiger partial charge in [-0.1, -0.05) is 12.8 Å². The summed E-state index contributed by atoms with van der Waals surface area (Å²) < 4.78 is 0. The number of carbonyl (C=O) groups is 1. The number of nitrogens with zero attached hydrogens (tertiary/aromatic N) is 1. The van der Waals surface area contributed by atoms with Crippen LogP contribution in [0.15, 0.2) is 0 Å². The van der Waals surface area contributed by atoms with Gasteiger partial charge in [0.15, 0.2) is 0 Å². The molecule has 4 heteroatoms. The van der Waals surface area contributed by atoms with Crippen LogP contribution in [0.5, 0.6) is 0 Å². The number of carboxylic acids is 1. The monoisotopic (exact) mass is 212 g/mol. The summed E-state index contributed by atoms with van der Waals surface area (Å²) in [4.78, 5) is 13.2. The zero-order valence-electron chi connectivity index (χ0n) is 9.28. The number of hydrogen-bond acceptors (Lipinski definition) is 3. The van der Waals surface area contributed by atoms with Crippen molar-refractivity contribution in [2.75, 3.05) is 13.1 Å². The molecular weight excluding hydrogens is 192 g/mol. The largest absolute Gasteiger partial charge is 0.480 e. The van der Waals surface area contributed by atoms with E-state index in [1.165, 1.54) is 19.3 Å². The van der Waals surface area contributed by atoms with Gasteiger partial charge in [0.25, 0.3) is 0 Å². The predicted molar refractivity (Wildman–Crippen MR) is 57.5 cm³/mol. The van der Waals surface area contributed by atoms with Crippen LogP contribution in [0.4, 0.5) is 0 Å². The topological polar surface area (TPSA) is 66.6 Å². The highest BCUT2D eigenvalue weighted by Gasteiger charge is 2.43. The number of hydrogen-bond donors (Lipinski definition) is 2. The Hall–Kier alpha value is -0.610. The van der Waals surface area contributed by atoms with Crippen molar-refractivity contribution in [3.8, 4) is 0 Å². The lowest BCUT2D eigenvalue weighted by Gasteiger charge is -2.25. The van der Waals surface area contributed by atoms with Crippen LogP contribution in [0.1, 0.15) is 32.6 Å². The Labute approximate surface area is 90.4 Å². The molecule has 0 spiro atoms. The molecule has 1 heterocycles. The predicted octanol–water partition coefficient (Wildman–Crippen LogP) is 0.663. The van der Waals surface area contributed by atoms with Crippen LogP contribution in [0.3, 0.4) is 0 Å². The molecule has 0 aromatic heterocycles. The minimum absolute atomic E-state index is 0.488. The summed E-state index contributed by atoms with van der Waals surface area (Å²) in [7, 11) is 0. The van der Waals surface area contributed by atoms with Gasteiger partial charge in [0.05, 0.1) is 0 Å². The van der Waals surface area contributed by atoms with Gasteiger partial charge in [0.2, 0.25) is 0 Å². The van der Waals surface area contributed by atoms with Crippen molar-refractivity contribution in [1.29, 1.82) is 0 Å². The molecule has 3 N–H and O–H groups in total. The molecule has 1 aliphatic heterocycles. The molecule has 0 aromatic carbocycles. The van der Waals surface area contributed by atoms with Crippen LogP contribution in [-0.4, -0.2) is 40.6 Å². The first-order valence-corrected chi connectivity index (χ1v) is 5.77. The van der Waals surface area contributed by atoms with Gasteiger partial charge in [-0.2, -0.15) is 0 Å². The van der Waals surface area contributed by atoms with Gasteiger partial charge in [-0.25, -0.2) is 0 Å². The Bertz CT molecular complexity index is 265. The molecule has 2 unspecified atom stereocenters. The molecule has 1 aliphatic carbocycles. The van der Waals surface area contributed by atoms with Gasteiger partial charge in [-0.3, -0.25) is 9.69 Å². The van der Waals surface area contributed by atoms with E-state index >= 15 is 0 Å². The van der Waals surface area contributed by atoms with Gasteiger partial charge in [-0.05, 0) is 25.7 Å². The van der Waals surface area contributed by atoms with Crippen LogP contribution >= 0.6 is 0 Å². The number of likely N-dealkylation sites (tertiary alicyclic amines) is 1. The van der Waals surface area contributed by atoms with Gasteiger partial charge >= 0.3 is 5.97 Å². The van der Waals surface area contributed by atoms with Gasteiger partial charge in [0, 0.05) is 19.1 Å². The van der Waals surface area contributed by atoms with E-state index in [1.54, 1.807) is 0 Å². The average Bonchev–Trinajstić information content (AvgIpc) is 2.87. The average molecular weight is 212 g/mol. The summed E-state index contributed by atoms with van der Waals surface area (Å²) in [6.07, 6.45) is 4.49. The van der Waals surface area contributed by atoms with E-state index in [9.17, 15) is 4.79 Å². The van der Waals surface area contributed by atoms with Crippen molar-refractivity contribution in [2.45, 2.75) is 44.2 Å². The maximum absolute atomic E-state index is 11.0. The highest BCUT2D eigenvalue weighted by molar-refractivity contribution is 5.79. The molecule has 2 atom stereocenters. The van der Waals surface area contributed by atoms with Crippen LogP contribution < -0.4 is 5.73 Å². The molecular formula is C11H20N2O2. The Morgan fingerprint density at radius 2 is 2.33 bits per heavy atom. The Morgan fingerprint density at radius 1 is 1.67 bits per heavy atom. The van der Waals surface area contributed by atoms with Crippen LogP contribution in [0, 0.1) is 5.92 Å². The van der Waals surface area contributed by atoms with Crippen LogP contribution in [0.2, 0.25) is 0 Å². The van der Waals surface area contributed by atoms with E-state index < -0.39 is 11.5 Å². The second-order valence-corrected chi connectivity index (χ2v) is 5.21. The molecule has 4 nitrogen and oxygen atoms in total. The second kappa shape index (κ2) is 3.76. The van der Waals surface area contributed by atoms with E-state index in [0.717, 1.165) is 12.5 Å². The standard InChI is InChI=1S/C11H20N2O2/c1-8(6-9-2-3-9)13-5-4-11(12,7-13)10(14)15/h8-9H,2-7,12H2,1H3,(H,14,15). The first-order valence-electron chi connectivity index (χ1n) is 5.77. The van der Waals surface area contributed by atoms with E-state index in [-0.39, 0.29) is 0 Å². The molecule has 0 bridgehead atoms. The molecule has 1 saturated heterocycles. The second-order valence-electron chi connectivity index (χ2n) is 5.21. The quantitative estimate of drug-likeness (QED) is 0.718. The van der Waals surface area contributed by atoms with Crippen LogP contribution in [-0.2, 0) is 4.79 Å². The van der Waals surface area contributed by atoms with E-state index in [0.29, 0.717) is 19.0 Å². The van der Waals surface area contributed by atoms with Crippen LogP contribution in [0.25, 0.3) is 0 Å². The van der Waals surface area contributed by atoms with Crippen molar-refractivity contribution in [1.82, 2.24) is 4.90 Å². The molecule has 2 aliphatic rings. The minimum Gasteiger partial charge on any atom is -0.480 e. The third kappa shape index (κ3) is 2.32. The maximum atomic E-state index is 11.0. The van der Waals surface area contributed by atoms with Gasteiger partial charge < -0.3 is 10.8 Å². The van der Waals surface area contributed by atoms with Crippen molar-refractivity contribution >= 4 is 5.97 Å². The summed E-state index contributed by atoms with van der Waals surface area (Å²) in [6, 6.07) is 0.488. The number of carboxylic acid groups (broad SMARTS) is 1. The number of nitrogens with two attached hydrogens (primary N) is 1. The fraction of sp³-hybridized carbons (Fsp3) is 0.909. The lowest BCUT2D eigenvalue weighted by Crippen LogP contribution is -2.50. The highest BCUT2D eigenvalue weighted by Crippen LogP contribution is 2.35. The lowest BCUT2D eigenvalue weighted by molar-refractivity contribution is -0.142. The van der Waals surface area contributed by atoms with Gasteiger partial charge in [-0.15, -0.1) is 0 Å². The first-order chi connectivity index (χ1) is 7.01. The third-order valence-electron chi connectivity index (χ3n) is 3.75. The Morgan fingerprint density at radius 3 is 2.80 bits per heavy atom. The smallest absolute Gasteiger partial charge is 0.325 e. The maximum Gasteiger partial charge on any atom is 0.325 e. The summed E-state index contributed by atoms with van der Waals surface area (Å²) >= 11 is 0. The fourth-order valence-electron chi connectivity index (χ4n) is 2.40. The molecule has 86 valence electrons. The lowest BCUT2D eigenvalue weighted by atomic mass is 10.0. The van der Waals surface area contributed by atoms with Gasteiger partial charge in [0.1, 0.15) is 5.54 Å². The molecule has 0 aromatic rings.